The summed E-state index contributed by atoms with van der Waals surface area (Å²) in [7, 11) is 1.89. The third-order valence-corrected chi connectivity index (χ3v) is 3.71. The average molecular weight is 183 g/mol. The monoisotopic (exact) mass is 183 g/mol. The van der Waals surface area contributed by atoms with E-state index in [1.54, 1.807) is 0 Å². The lowest BCUT2D eigenvalue weighted by molar-refractivity contribution is -0.0536. The molecule has 2 bridgehead atoms. The molecule has 0 spiro atoms. The second-order valence-electron chi connectivity index (χ2n) is 4.68. The number of nitrogens with one attached hydrogen (secondary N) is 1. The van der Waals surface area contributed by atoms with E-state index in [0.717, 1.165) is 12.1 Å². The van der Waals surface area contributed by atoms with E-state index in [1.807, 2.05) is 7.11 Å². The topological polar surface area (TPSA) is 21.3 Å². The first-order chi connectivity index (χ1) is 6.28. The van der Waals surface area contributed by atoms with Gasteiger partial charge in [0.25, 0.3) is 0 Å². The molecule has 0 saturated carbocycles. The van der Waals surface area contributed by atoms with Gasteiger partial charge in [0, 0.05) is 19.2 Å². The number of fused-ring (bicyclic) bond motifs is 2. The van der Waals surface area contributed by atoms with Gasteiger partial charge in [-0.2, -0.15) is 0 Å². The lowest BCUT2D eigenvalue weighted by Crippen LogP contribution is -2.49. The molecule has 0 amide bonds. The maximum absolute atomic E-state index is 5.76. The van der Waals surface area contributed by atoms with Crippen molar-refractivity contribution in [2.24, 2.45) is 0 Å². The van der Waals surface area contributed by atoms with Gasteiger partial charge in [0.05, 0.1) is 5.60 Å². The molecule has 2 aliphatic rings. The highest BCUT2D eigenvalue weighted by Crippen LogP contribution is 2.38. The van der Waals surface area contributed by atoms with Crippen LogP contribution in [0.2, 0.25) is 0 Å². The Morgan fingerprint density at radius 2 is 1.92 bits per heavy atom. The average Bonchev–Trinajstić information content (AvgIpc) is 2.47. The zero-order valence-corrected chi connectivity index (χ0v) is 8.81. The van der Waals surface area contributed by atoms with Crippen molar-refractivity contribution in [2.45, 2.75) is 63.1 Å². The van der Waals surface area contributed by atoms with Crippen LogP contribution in [-0.4, -0.2) is 24.8 Å². The molecular weight excluding hydrogens is 162 g/mol. The minimum absolute atomic E-state index is 0.214. The molecule has 2 unspecified atom stereocenters. The summed E-state index contributed by atoms with van der Waals surface area (Å²) in [6.45, 7) is 2.25. The quantitative estimate of drug-likeness (QED) is 0.723. The second kappa shape index (κ2) is 3.58. The summed E-state index contributed by atoms with van der Waals surface area (Å²) in [4.78, 5) is 0. The highest BCUT2D eigenvalue weighted by atomic mass is 16.5. The Balaban J connectivity index is 2.04. The molecule has 1 N–H and O–H groups in total. The van der Waals surface area contributed by atoms with E-state index in [1.165, 1.54) is 38.5 Å². The van der Waals surface area contributed by atoms with Crippen LogP contribution in [0.3, 0.4) is 0 Å². The summed E-state index contributed by atoms with van der Waals surface area (Å²) in [6.07, 6.45) is 7.66. The molecule has 2 heteroatoms. The SMILES string of the molecule is CCCC1(OC)CC2CCC(C1)N2. The lowest BCUT2D eigenvalue weighted by Gasteiger charge is -2.40. The van der Waals surface area contributed by atoms with Crippen LogP contribution < -0.4 is 5.32 Å². The maximum Gasteiger partial charge on any atom is 0.0708 e. The summed E-state index contributed by atoms with van der Waals surface area (Å²) in [5.41, 5.74) is 0.214. The van der Waals surface area contributed by atoms with Crippen LogP contribution in [0.25, 0.3) is 0 Å². The summed E-state index contributed by atoms with van der Waals surface area (Å²) < 4.78 is 5.76. The van der Waals surface area contributed by atoms with E-state index in [-0.39, 0.29) is 5.60 Å². The fourth-order valence-corrected chi connectivity index (χ4v) is 3.13. The van der Waals surface area contributed by atoms with Crippen LogP contribution in [0, 0.1) is 0 Å². The van der Waals surface area contributed by atoms with Crippen LogP contribution in [0.15, 0.2) is 0 Å². The first-order valence-corrected chi connectivity index (χ1v) is 5.59. The molecular formula is C11H21NO. The second-order valence-corrected chi connectivity index (χ2v) is 4.68. The molecule has 2 atom stereocenters. The van der Waals surface area contributed by atoms with Gasteiger partial charge in [0.15, 0.2) is 0 Å². The van der Waals surface area contributed by atoms with Gasteiger partial charge in [0.2, 0.25) is 0 Å². The van der Waals surface area contributed by atoms with Crippen molar-refractivity contribution in [1.82, 2.24) is 5.32 Å². The molecule has 0 aromatic rings. The predicted molar refractivity (Wildman–Crippen MR) is 53.8 cm³/mol. The number of hydrogen-bond donors (Lipinski definition) is 1. The molecule has 76 valence electrons. The molecule has 2 fully saturated rings. The Hall–Kier alpha value is -0.0800. The van der Waals surface area contributed by atoms with Crippen molar-refractivity contribution in [3.8, 4) is 0 Å². The van der Waals surface area contributed by atoms with Gasteiger partial charge in [0.1, 0.15) is 0 Å². The lowest BCUT2D eigenvalue weighted by atomic mass is 9.84. The van der Waals surface area contributed by atoms with E-state index in [0.29, 0.717) is 0 Å². The van der Waals surface area contributed by atoms with Crippen LogP contribution in [-0.2, 0) is 4.74 Å². The van der Waals surface area contributed by atoms with Crippen molar-refractivity contribution in [3.05, 3.63) is 0 Å². The molecule has 2 nitrogen and oxygen atoms in total. The summed E-state index contributed by atoms with van der Waals surface area (Å²) in [6, 6.07) is 1.48. The number of rotatable bonds is 3. The molecule has 13 heavy (non-hydrogen) atoms. The first kappa shape index (κ1) is 9.47. The van der Waals surface area contributed by atoms with Crippen molar-refractivity contribution in [1.29, 1.82) is 0 Å². The number of hydrogen-bond acceptors (Lipinski definition) is 2. The Labute approximate surface area is 81.0 Å². The van der Waals surface area contributed by atoms with Crippen molar-refractivity contribution < 1.29 is 4.74 Å². The smallest absolute Gasteiger partial charge is 0.0708 e. The predicted octanol–water partition coefficient (Wildman–Crippen LogP) is 2.09. The third-order valence-electron chi connectivity index (χ3n) is 3.71. The van der Waals surface area contributed by atoms with E-state index < -0.39 is 0 Å². The van der Waals surface area contributed by atoms with Gasteiger partial charge >= 0.3 is 0 Å². The highest BCUT2D eigenvalue weighted by molar-refractivity contribution is 5.00. The number of methoxy groups -OCH3 is 1. The van der Waals surface area contributed by atoms with E-state index >= 15 is 0 Å². The van der Waals surface area contributed by atoms with Gasteiger partial charge < -0.3 is 10.1 Å². The number of ether oxygens (including phenoxy) is 1. The molecule has 2 heterocycles. The minimum atomic E-state index is 0.214. The Morgan fingerprint density at radius 1 is 1.31 bits per heavy atom. The van der Waals surface area contributed by atoms with Crippen LogP contribution in [0.1, 0.15) is 45.4 Å². The van der Waals surface area contributed by atoms with Crippen molar-refractivity contribution in [3.63, 3.8) is 0 Å². The van der Waals surface area contributed by atoms with Gasteiger partial charge in [-0.1, -0.05) is 13.3 Å². The van der Waals surface area contributed by atoms with E-state index in [9.17, 15) is 0 Å². The Morgan fingerprint density at radius 3 is 2.38 bits per heavy atom. The van der Waals surface area contributed by atoms with E-state index in [2.05, 4.69) is 12.2 Å². The highest BCUT2D eigenvalue weighted by Gasteiger charge is 2.43. The van der Waals surface area contributed by atoms with Gasteiger partial charge in [-0.05, 0) is 32.1 Å². The molecule has 0 radical (unpaired) electrons. The maximum atomic E-state index is 5.76. The molecule has 0 aromatic heterocycles. The molecule has 2 aliphatic heterocycles. The van der Waals surface area contributed by atoms with Gasteiger partial charge in [-0.25, -0.2) is 0 Å². The van der Waals surface area contributed by atoms with Crippen molar-refractivity contribution in [2.75, 3.05) is 7.11 Å². The summed E-state index contributed by atoms with van der Waals surface area (Å²) in [5, 5.41) is 3.66. The summed E-state index contributed by atoms with van der Waals surface area (Å²) in [5.74, 6) is 0. The van der Waals surface area contributed by atoms with Crippen molar-refractivity contribution >= 4 is 0 Å². The molecule has 2 saturated heterocycles. The standard InChI is InChI=1S/C11H21NO/c1-3-6-11(13-2)7-9-4-5-10(8-11)12-9/h9-10,12H,3-8H2,1-2H3. The molecule has 2 rings (SSSR count). The molecule has 0 aliphatic carbocycles. The Bertz CT molecular complexity index is 169. The van der Waals surface area contributed by atoms with Crippen LogP contribution in [0.5, 0.6) is 0 Å². The third kappa shape index (κ3) is 1.75. The fraction of sp³-hybridized carbons (Fsp3) is 1.00. The number of piperidine rings is 1. The largest absolute Gasteiger partial charge is 0.378 e. The normalized spacial score (nSPS) is 43.8. The zero-order valence-electron chi connectivity index (χ0n) is 8.81. The van der Waals surface area contributed by atoms with Gasteiger partial charge in [-0.15, -0.1) is 0 Å². The van der Waals surface area contributed by atoms with Crippen LogP contribution in [0.4, 0.5) is 0 Å². The van der Waals surface area contributed by atoms with E-state index in [4.69, 9.17) is 4.74 Å². The Kier molecular flexibility index (Phi) is 2.61. The van der Waals surface area contributed by atoms with Gasteiger partial charge in [-0.3, -0.25) is 0 Å². The zero-order chi connectivity index (χ0) is 9.31. The van der Waals surface area contributed by atoms with Crippen LogP contribution >= 0.6 is 0 Å². The summed E-state index contributed by atoms with van der Waals surface area (Å²) >= 11 is 0. The first-order valence-electron chi connectivity index (χ1n) is 5.59. The minimum Gasteiger partial charge on any atom is -0.378 e. The molecule has 0 aromatic carbocycles. The fourth-order valence-electron chi connectivity index (χ4n) is 3.13.